The van der Waals surface area contributed by atoms with Gasteiger partial charge in [-0.05, 0) is 67.3 Å². The molecule has 4 aromatic rings. The molecule has 184 valence electrons. The number of halogens is 2. The van der Waals surface area contributed by atoms with E-state index in [0.717, 1.165) is 34.1 Å². The first-order chi connectivity index (χ1) is 17.4. The molecule has 1 N–H and O–H groups in total. The number of thioether (sulfide) groups is 1. The molecule has 11 heteroatoms. The third-order valence-electron chi connectivity index (χ3n) is 5.71. The van der Waals surface area contributed by atoms with Gasteiger partial charge in [0.05, 0.1) is 30.2 Å². The number of amides is 1. The molecular weight excluding hydrogens is 584 g/mol. The van der Waals surface area contributed by atoms with E-state index in [1.807, 2.05) is 12.1 Å². The van der Waals surface area contributed by atoms with E-state index in [9.17, 15) is 9.59 Å². The number of hydrogen-bond donors (Lipinski definition) is 1. The Morgan fingerprint density at radius 1 is 1.31 bits per heavy atom. The summed E-state index contributed by atoms with van der Waals surface area (Å²) in [6.45, 7) is 0. The van der Waals surface area contributed by atoms with Crippen LogP contribution in [-0.2, 0) is 17.6 Å². The van der Waals surface area contributed by atoms with Gasteiger partial charge in [0.15, 0.2) is 5.16 Å². The molecule has 7 nitrogen and oxygen atoms in total. The molecule has 2 heterocycles. The van der Waals surface area contributed by atoms with Gasteiger partial charge in [0.1, 0.15) is 10.6 Å². The van der Waals surface area contributed by atoms with Crippen molar-refractivity contribution in [1.29, 1.82) is 0 Å². The third-order valence-corrected chi connectivity index (χ3v) is 8.58. The molecule has 2 aromatic carbocycles. The summed E-state index contributed by atoms with van der Waals surface area (Å²) in [6.07, 6.45) is 4.44. The van der Waals surface area contributed by atoms with E-state index in [2.05, 4.69) is 26.5 Å². The van der Waals surface area contributed by atoms with Gasteiger partial charge in [0.25, 0.3) is 11.5 Å². The number of carbonyl (C=O) groups excluding carboxylic acids is 1. The molecule has 0 saturated heterocycles. The van der Waals surface area contributed by atoms with E-state index in [-0.39, 0.29) is 17.2 Å². The van der Waals surface area contributed by atoms with Crippen LogP contribution < -0.4 is 15.7 Å². The molecule has 0 spiro atoms. The van der Waals surface area contributed by atoms with Gasteiger partial charge in [-0.15, -0.1) is 11.3 Å². The average molecular weight is 604 g/mol. The molecule has 1 aliphatic rings. The van der Waals surface area contributed by atoms with E-state index in [4.69, 9.17) is 21.3 Å². The monoisotopic (exact) mass is 602 g/mol. The minimum absolute atomic E-state index is 0.0313. The highest BCUT2D eigenvalue weighted by Gasteiger charge is 2.24. The second-order valence-electron chi connectivity index (χ2n) is 8.02. The maximum absolute atomic E-state index is 13.7. The number of hydrazone groups is 1. The van der Waals surface area contributed by atoms with Gasteiger partial charge >= 0.3 is 0 Å². The molecule has 0 saturated carbocycles. The number of nitrogens with zero attached hydrogens (tertiary/aromatic N) is 3. The second kappa shape index (κ2) is 10.8. The van der Waals surface area contributed by atoms with Gasteiger partial charge in [0.2, 0.25) is 0 Å². The Hall–Kier alpha value is -2.66. The van der Waals surface area contributed by atoms with Gasteiger partial charge < -0.3 is 4.74 Å². The maximum Gasteiger partial charge on any atom is 0.267 e. The summed E-state index contributed by atoms with van der Waals surface area (Å²) < 4.78 is 7.75. The van der Waals surface area contributed by atoms with Crippen molar-refractivity contribution in [2.75, 3.05) is 12.9 Å². The lowest BCUT2D eigenvalue weighted by molar-refractivity contribution is -0.118. The number of aryl methyl sites for hydroxylation is 2. The lowest BCUT2D eigenvalue weighted by atomic mass is 10.2. The summed E-state index contributed by atoms with van der Waals surface area (Å²) >= 11 is 12.2. The van der Waals surface area contributed by atoms with Crippen molar-refractivity contribution in [3.8, 4) is 11.4 Å². The predicted molar refractivity (Wildman–Crippen MR) is 149 cm³/mol. The Morgan fingerprint density at radius 2 is 2.11 bits per heavy atom. The zero-order chi connectivity index (χ0) is 25.2. The van der Waals surface area contributed by atoms with Crippen LogP contribution in [-0.4, -0.2) is 34.5 Å². The smallest absolute Gasteiger partial charge is 0.267 e. The summed E-state index contributed by atoms with van der Waals surface area (Å²) in [7, 11) is 1.57. The van der Waals surface area contributed by atoms with Crippen molar-refractivity contribution in [1.82, 2.24) is 15.0 Å². The number of rotatable bonds is 7. The van der Waals surface area contributed by atoms with Crippen molar-refractivity contribution in [3.63, 3.8) is 0 Å². The van der Waals surface area contributed by atoms with Crippen molar-refractivity contribution in [2.24, 2.45) is 5.10 Å². The predicted octanol–water partition coefficient (Wildman–Crippen LogP) is 5.60. The fraction of sp³-hybridized carbons (Fsp3) is 0.200. The molecule has 36 heavy (non-hydrogen) atoms. The van der Waals surface area contributed by atoms with Crippen LogP contribution in [0.15, 0.2) is 62.0 Å². The minimum atomic E-state index is -0.323. The first-order valence-corrected chi connectivity index (χ1v) is 14.0. The van der Waals surface area contributed by atoms with E-state index < -0.39 is 0 Å². The summed E-state index contributed by atoms with van der Waals surface area (Å²) in [6, 6.07) is 12.5. The summed E-state index contributed by atoms with van der Waals surface area (Å²) in [4.78, 5) is 33.0. The normalized spacial score (nSPS) is 12.9. The van der Waals surface area contributed by atoms with Crippen LogP contribution in [0.5, 0.6) is 5.75 Å². The number of thiophene rings is 1. The van der Waals surface area contributed by atoms with Crippen LogP contribution in [0.25, 0.3) is 15.9 Å². The number of fused-ring (bicyclic) bond motifs is 3. The SMILES string of the molecule is COc1ccc(Br)cc1C=NNC(=O)CSc1nc2sc3c(c2c(=O)n1-c1ccc(Cl)cc1)CCC3. The number of hydrogen-bond acceptors (Lipinski definition) is 7. The topological polar surface area (TPSA) is 85.6 Å². The number of methoxy groups -OCH3 is 1. The average Bonchev–Trinajstić information content (AvgIpc) is 3.45. The van der Waals surface area contributed by atoms with Gasteiger partial charge in [-0.25, -0.2) is 10.4 Å². The lowest BCUT2D eigenvalue weighted by Crippen LogP contribution is -2.24. The quantitative estimate of drug-likeness (QED) is 0.129. The molecule has 0 radical (unpaired) electrons. The first-order valence-electron chi connectivity index (χ1n) is 11.1. The van der Waals surface area contributed by atoms with Gasteiger partial charge in [-0.3, -0.25) is 14.2 Å². The zero-order valence-corrected chi connectivity index (χ0v) is 23.1. The Labute approximate surface area is 228 Å². The molecule has 0 fully saturated rings. The number of ether oxygens (including phenoxy) is 1. The Balaban J connectivity index is 1.40. The van der Waals surface area contributed by atoms with E-state index in [1.165, 1.54) is 22.9 Å². The highest BCUT2D eigenvalue weighted by atomic mass is 79.9. The van der Waals surface area contributed by atoms with Crippen LogP contribution in [0.2, 0.25) is 5.02 Å². The van der Waals surface area contributed by atoms with Crippen LogP contribution in [0.4, 0.5) is 0 Å². The highest BCUT2D eigenvalue weighted by molar-refractivity contribution is 9.10. The Bertz CT molecular complexity index is 1550. The van der Waals surface area contributed by atoms with Gasteiger partial charge in [-0.2, -0.15) is 5.10 Å². The van der Waals surface area contributed by atoms with Crippen LogP contribution in [0, 0.1) is 0 Å². The summed E-state index contributed by atoms with van der Waals surface area (Å²) in [5.74, 6) is 0.345. The third kappa shape index (κ3) is 5.08. The Kier molecular flexibility index (Phi) is 7.47. The molecule has 0 aliphatic heterocycles. The second-order valence-corrected chi connectivity index (χ2v) is 11.4. The van der Waals surface area contributed by atoms with E-state index in [1.54, 1.807) is 53.3 Å². The summed E-state index contributed by atoms with van der Waals surface area (Å²) in [5, 5.41) is 5.76. The zero-order valence-electron chi connectivity index (χ0n) is 19.1. The number of carbonyl (C=O) groups is 1. The van der Waals surface area contributed by atoms with Crippen molar-refractivity contribution in [2.45, 2.75) is 24.4 Å². The minimum Gasteiger partial charge on any atom is -0.496 e. The molecule has 2 aromatic heterocycles. The number of aromatic nitrogens is 2. The maximum atomic E-state index is 13.7. The molecule has 0 atom stereocenters. The van der Waals surface area contributed by atoms with Crippen LogP contribution >= 0.6 is 50.6 Å². The molecule has 1 aliphatic carbocycles. The van der Waals surface area contributed by atoms with E-state index >= 15 is 0 Å². The molecule has 1 amide bonds. The molecule has 0 unspecified atom stereocenters. The standard InChI is InChI=1S/C25H20BrClN4O3S2/c1-34-19-10-5-15(26)11-14(19)12-28-30-21(32)13-35-25-29-23-22(18-3-2-4-20(18)36-23)24(33)31(25)17-8-6-16(27)7-9-17/h5-12H,2-4,13H2,1H3,(H,30,32). The molecule has 5 rings (SSSR count). The Morgan fingerprint density at radius 3 is 2.89 bits per heavy atom. The van der Waals surface area contributed by atoms with Gasteiger partial charge in [0, 0.05) is 19.9 Å². The van der Waals surface area contributed by atoms with Crippen molar-refractivity contribution >= 4 is 73.0 Å². The first kappa shape index (κ1) is 25.0. The fourth-order valence-electron chi connectivity index (χ4n) is 4.08. The van der Waals surface area contributed by atoms with E-state index in [0.29, 0.717) is 32.6 Å². The fourth-order valence-corrected chi connectivity index (χ4v) is 6.69. The van der Waals surface area contributed by atoms with Crippen molar-refractivity contribution in [3.05, 3.63) is 78.3 Å². The molecular formula is C25H20BrClN4O3S2. The largest absolute Gasteiger partial charge is 0.496 e. The van der Waals surface area contributed by atoms with Crippen molar-refractivity contribution < 1.29 is 9.53 Å². The number of benzene rings is 2. The molecule has 0 bridgehead atoms. The highest BCUT2D eigenvalue weighted by Crippen LogP contribution is 2.36. The van der Waals surface area contributed by atoms with Crippen LogP contribution in [0.3, 0.4) is 0 Å². The number of nitrogens with one attached hydrogen (secondary N) is 1. The summed E-state index contributed by atoms with van der Waals surface area (Å²) in [5.41, 5.74) is 4.89. The van der Waals surface area contributed by atoms with Gasteiger partial charge in [-0.1, -0.05) is 39.3 Å². The van der Waals surface area contributed by atoms with Crippen LogP contribution in [0.1, 0.15) is 22.4 Å². The lowest BCUT2D eigenvalue weighted by Gasteiger charge is -2.12.